The molecule has 0 aliphatic rings. The van der Waals surface area contributed by atoms with Crippen molar-refractivity contribution in [1.29, 1.82) is 0 Å². The van der Waals surface area contributed by atoms with Crippen molar-refractivity contribution in [2.75, 3.05) is 18.2 Å². The zero-order chi connectivity index (χ0) is 28.2. The number of rotatable bonds is 7. The first kappa shape index (κ1) is 28.3. The van der Waals surface area contributed by atoms with Crippen molar-refractivity contribution in [3.8, 4) is 5.69 Å². The zero-order valence-electron chi connectivity index (χ0n) is 22.7. The van der Waals surface area contributed by atoms with E-state index in [4.69, 9.17) is 15.2 Å². The predicted molar refractivity (Wildman–Crippen MR) is 144 cm³/mol. The fourth-order valence-corrected chi connectivity index (χ4v) is 3.91. The van der Waals surface area contributed by atoms with Gasteiger partial charge in [-0.05, 0) is 69.9 Å². The van der Waals surface area contributed by atoms with Gasteiger partial charge >= 0.3 is 6.09 Å². The van der Waals surface area contributed by atoms with Crippen LogP contribution in [0.4, 0.5) is 16.3 Å². The van der Waals surface area contributed by atoms with Gasteiger partial charge in [0.05, 0.1) is 23.7 Å². The molecule has 2 aromatic heterocycles. The van der Waals surface area contributed by atoms with E-state index < -0.39 is 23.2 Å². The van der Waals surface area contributed by atoms with Gasteiger partial charge < -0.3 is 25.8 Å². The molecule has 1 aromatic carbocycles. The first-order chi connectivity index (χ1) is 17.8. The van der Waals surface area contributed by atoms with Crippen LogP contribution in [0, 0.1) is 13.8 Å². The molecule has 1 unspecified atom stereocenters. The Morgan fingerprint density at radius 2 is 1.79 bits per heavy atom. The summed E-state index contributed by atoms with van der Waals surface area (Å²) in [5.74, 6) is -0.923. The summed E-state index contributed by atoms with van der Waals surface area (Å²) in [6.07, 6.45) is 3.58. The fraction of sp³-hybridized carbons (Fsp3) is 0.370. The van der Waals surface area contributed by atoms with Gasteiger partial charge in [0.15, 0.2) is 0 Å². The van der Waals surface area contributed by atoms with Gasteiger partial charge in [0.2, 0.25) is 0 Å². The molecule has 1 atom stereocenters. The van der Waals surface area contributed by atoms with Crippen LogP contribution in [0.2, 0.25) is 0 Å². The predicted octanol–water partition coefficient (Wildman–Crippen LogP) is 3.81. The fourth-order valence-electron chi connectivity index (χ4n) is 3.91. The third-order valence-electron chi connectivity index (χ3n) is 5.69. The normalized spacial score (nSPS) is 12.1. The van der Waals surface area contributed by atoms with Crippen LogP contribution in [0.15, 0.2) is 41.7 Å². The van der Waals surface area contributed by atoms with Gasteiger partial charge in [0.25, 0.3) is 11.5 Å². The number of benzene rings is 1. The third-order valence-corrected chi connectivity index (χ3v) is 5.69. The minimum atomic E-state index is -0.728. The number of carbonyl (C=O) groups excluding carboxylic acids is 2. The van der Waals surface area contributed by atoms with Gasteiger partial charge in [0.1, 0.15) is 23.3 Å². The van der Waals surface area contributed by atoms with Crippen LogP contribution < -0.4 is 21.9 Å². The second kappa shape index (κ2) is 11.4. The minimum absolute atomic E-state index is 0.118. The topological polar surface area (TPSA) is 150 Å². The summed E-state index contributed by atoms with van der Waals surface area (Å²) in [7, 11) is 1.63. The molecule has 4 N–H and O–H groups in total. The summed E-state index contributed by atoms with van der Waals surface area (Å²) in [4.78, 5) is 46.7. The Bertz CT molecular complexity index is 1390. The molecule has 0 radical (unpaired) electrons. The Balaban J connectivity index is 1.86. The van der Waals surface area contributed by atoms with E-state index in [-0.39, 0.29) is 24.0 Å². The van der Waals surface area contributed by atoms with Gasteiger partial charge in [-0.2, -0.15) is 0 Å². The molecule has 202 valence electrons. The molecule has 0 aliphatic carbocycles. The van der Waals surface area contributed by atoms with E-state index in [1.54, 1.807) is 33.9 Å². The van der Waals surface area contributed by atoms with Crippen molar-refractivity contribution in [2.24, 2.45) is 0 Å². The maximum atomic E-state index is 13.4. The molecule has 0 saturated carbocycles. The van der Waals surface area contributed by atoms with Crippen molar-refractivity contribution in [3.05, 3.63) is 75.1 Å². The zero-order valence-corrected chi connectivity index (χ0v) is 22.7. The van der Waals surface area contributed by atoms with E-state index in [9.17, 15) is 14.4 Å². The first-order valence-corrected chi connectivity index (χ1v) is 12.0. The van der Waals surface area contributed by atoms with Gasteiger partial charge in [-0.1, -0.05) is 12.1 Å². The Morgan fingerprint density at radius 3 is 2.39 bits per heavy atom. The number of ether oxygens (including phenoxy) is 2. The summed E-state index contributed by atoms with van der Waals surface area (Å²) in [5.41, 5.74) is 8.58. The van der Waals surface area contributed by atoms with Gasteiger partial charge in [0, 0.05) is 19.9 Å². The second-order valence-corrected chi connectivity index (χ2v) is 9.95. The summed E-state index contributed by atoms with van der Waals surface area (Å²) in [5, 5.41) is 5.28. The van der Waals surface area contributed by atoms with E-state index >= 15 is 0 Å². The van der Waals surface area contributed by atoms with E-state index in [1.807, 2.05) is 32.9 Å². The Labute approximate surface area is 221 Å². The van der Waals surface area contributed by atoms with Crippen molar-refractivity contribution in [3.63, 3.8) is 0 Å². The Kier molecular flexibility index (Phi) is 8.52. The average Bonchev–Trinajstić information content (AvgIpc) is 2.82. The maximum absolute atomic E-state index is 13.4. The Morgan fingerprint density at radius 1 is 1.13 bits per heavy atom. The highest BCUT2D eigenvalue weighted by molar-refractivity contribution is 6.06. The van der Waals surface area contributed by atoms with E-state index in [0.29, 0.717) is 16.9 Å². The van der Waals surface area contributed by atoms with E-state index in [0.717, 1.165) is 16.7 Å². The van der Waals surface area contributed by atoms with Crippen molar-refractivity contribution in [2.45, 2.75) is 59.8 Å². The number of anilines is 2. The smallest absolute Gasteiger partial charge is 0.407 e. The second-order valence-electron chi connectivity index (χ2n) is 9.95. The third kappa shape index (κ3) is 6.74. The van der Waals surface area contributed by atoms with Crippen LogP contribution in [-0.2, 0) is 16.0 Å². The number of nitrogen functional groups attached to an aromatic ring is 1. The highest BCUT2D eigenvalue weighted by atomic mass is 16.6. The Hall–Kier alpha value is -4.25. The molecule has 3 rings (SSSR count). The summed E-state index contributed by atoms with van der Waals surface area (Å²) in [6.45, 7) is 11.1. The SMILES string of the molecule is COC(C)c1cc(C)c(-n2cnc(N)c(C(=O)Nc3cncc(CNC(=O)OC(C)(C)C)c3)c2=O)c(C)c1. The van der Waals surface area contributed by atoms with E-state index in [2.05, 4.69) is 20.6 Å². The number of aromatic nitrogens is 3. The molecule has 3 aromatic rings. The molecular formula is C27H34N6O5. The summed E-state index contributed by atoms with van der Waals surface area (Å²) < 4.78 is 11.9. The van der Waals surface area contributed by atoms with E-state index in [1.165, 1.54) is 23.3 Å². The number of nitrogens with zero attached hydrogens (tertiary/aromatic N) is 3. The lowest BCUT2D eigenvalue weighted by molar-refractivity contribution is 0.0523. The number of hydrogen-bond donors (Lipinski definition) is 3. The molecule has 2 heterocycles. The molecule has 0 bridgehead atoms. The highest BCUT2D eigenvalue weighted by Gasteiger charge is 2.21. The molecule has 0 spiro atoms. The molecule has 2 amide bonds. The summed E-state index contributed by atoms with van der Waals surface area (Å²) in [6, 6.07) is 5.49. The lowest BCUT2D eigenvalue weighted by atomic mass is 10.0. The highest BCUT2D eigenvalue weighted by Crippen LogP contribution is 2.25. The van der Waals surface area contributed by atoms with Crippen molar-refractivity contribution in [1.82, 2.24) is 19.9 Å². The molecular weight excluding hydrogens is 488 g/mol. The van der Waals surface area contributed by atoms with Crippen LogP contribution in [0.3, 0.4) is 0 Å². The molecule has 11 nitrogen and oxygen atoms in total. The number of hydrogen-bond acceptors (Lipinski definition) is 8. The molecule has 11 heteroatoms. The van der Waals surface area contributed by atoms with Crippen molar-refractivity contribution < 1.29 is 19.1 Å². The lowest BCUT2D eigenvalue weighted by Crippen LogP contribution is -2.32. The molecule has 38 heavy (non-hydrogen) atoms. The lowest BCUT2D eigenvalue weighted by Gasteiger charge is -2.19. The van der Waals surface area contributed by atoms with Crippen LogP contribution in [0.5, 0.6) is 0 Å². The number of nitrogens with one attached hydrogen (secondary N) is 2. The quantitative estimate of drug-likeness (QED) is 0.424. The average molecular weight is 523 g/mol. The van der Waals surface area contributed by atoms with Gasteiger partial charge in [-0.25, -0.2) is 9.78 Å². The van der Waals surface area contributed by atoms with Crippen LogP contribution in [-0.4, -0.2) is 39.2 Å². The summed E-state index contributed by atoms with van der Waals surface area (Å²) >= 11 is 0. The van der Waals surface area contributed by atoms with Crippen LogP contribution in [0.1, 0.15) is 66.4 Å². The molecule has 0 fully saturated rings. The van der Waals surface area contributed by atoms with Crippen molar-refractivity contribution >= 4 is 23.5 Å². The monoisotopic (exact) mass is 522 g/mol. The number of carbonyl (C=O) groups is 2. The number of methoxy groups -OCH3 is 1. The standard InChI is InChI=1S/C27H34N6O5/c1-15-8-19(17(3)37-7)9-16(2)22(15)33-14-31-23(28)21(25(33)35)24(34)32-20-10-18(11-29-13-20)12-30-26(36)38-27(4,5)6/h8-11,13-14,17H,12,28H2,1-7H3,(H,30,36)(H,32,34). The molecule has 0 saturated heterocycles. The van der Waals surface area contributed by atoms with Crippen LogP contribution >= 0.6 is 0 Å². The molecule has 0 aliphatic heterocycles. The number of aryl methyl sites for hydroxylation is 2. The number of amides is 2. The largest absolute Gasteiger partial charge is 0.444 e. The van der Waals surface area contributed by atoms with Gasteiger partial charge in [-0.15, -0.1) is 0 Å². The van der Waals surface area contributed by atoms with Crippen LogP contribution in [0.25, 0.3) is 5.69 Å². The number of pyridine rings is 1. The van der Waals surface area contributed by atoms with Gasteiger partial charge in [-0.3, -0.25) is 19.1 Å². The maximum Gasteiger partial charge on any atom is 0.407 e. The number of alkyl carbamates (subject to hydrolysis) is 1. The minimum Gasteiger partial charge on any atom is -0.444 e. The first-order valence-electron chi connectivity index (χ1n) is 12.0. The number of nitrogens with two attached hydrogens (primary N) is 1.